The predicted octanol–water partition coefficient (Wildman–Crippen LogP) is 2.06. The van der Waals surface area contributed by atoms with Gasteiger partial charge in [-0.05, 0) is 26.0 Å². The molecule has 1 aromatic rings. The quantitative estimate of drug-likeness (QED) is 0.801. The summed E-state index contributed by atoms with van der Waals surface area (Å²) in [7, 11) is 0. The smallest absolute Gasteiger partial charge is 0.231 e. The summed E-state index contributed by atoms with van der Waals surface area (Å²) in [5.74, 6) is 2.16. The number of hydrogen-bond donors (Lipinski definition) is 2. The lowest BCUT2D eigenvalue weighted by molar-refractivity contribution is 0.00810. The van der Waals surface area contributed by atoms with Crippen LogP contribution >= 0.6 is 0 Å². The standard InChI is InChI=1S/C15H23NO4/c1-4-15(3,17)9-18-12-7-14-13(19-10-20-14)6-11(12)8-16-5-2/h6-7,16-17H,4-5,8-10H2,1-3H3. The minimum absolute atomic E-state index is 0.242. The van der Waals surface area contributed by atoms with E-state index in [-0.39, 0.29) is 13.4 Å². The van der Waals surface area contributed by atoms with Crippen molar-refractivity contribution in [2.45, 2.75) is 39.3 Å². The van der Waals surface area contributed by atoms with Gasteiger partial charge in [0.05, 0.1) is 5.60 Å². The van der Waals surface area contributed by atoms with Gasteiger partial charge in [-0.3, -0.25) is 0 Å². The number of nitrogens with one attached hydrogen (secondary N) is 1. The molecule has 1 heterocycles. The third-order valence-electron chi connectivity index (χ3n) is 3.42. The summed E-state index contributed by atoms with van der Waals surface area (Å²) < 4.78 is 16.5. The lowest BCUT2D eigenvalue weighted by Crippen LogP contribution is -2.31. The van der Waals surface area contributed by atoms with Crippen LogP contribution in [0.3, 0.4) is 0 Å². The van der Waals surface area contributed by atoms with Crippen molar-refractivity contribution in [2.75, 3.05) is 19.9 Å². The number of benzene rings is 1. The highest BCUT2D eigenvalue weighted by molar-refractivity contribution is 5.51. The van der Waals surface area contributed by atoms with Crippen LogP contribution in [-0.4, -0.2) is 30.7 Å². The van der Waals surface area contributed by atoms with Crippen LogP contribution in [0.15, 0.2) is 12.1 Å². The van der Waals surface area contributed by atoms with Gasteiger partial charge in [0.1, 0.15) is 12.4 Å². The fourth-order valence-corrected chi connectivity index (χ4v) is 1.83. The van der Waals surface area contributed by atoms with Gasteiger partial charge in [-0.1, -0.05) is 13.8 Å². The maximum Gasteiger partial charge on any atom is 0.231 e. The SMILES string of the molecule is CCNCc1cc2c(cc1OCC(C)(O)CC)OCO2. The average molecular weight is 281 g/mol. The van der Waals surface area contributed by atoms with Crippen LogP contribution in [0.1, 0.15) is 32.8 Å². The van der Waals surface area contributed by atoms with E-state index >= 15 is 0 Å². The molecule has 0 bridgehead atoms. The Labute approximate surface area is 119 Å². The number of rotatable bonds is 7. The second kappa shape index (κ2) is 6.33. The molecule has 5 nitrogen and oxygen atoms in total. The molecule has 0 amide bonds. The van der Waals surface area contributed by atoms with Crippen molar-refractivity contribution in [3.63, 3.8) is 0 Å². The predicted molar refractivity (Wildman–Crippen MR) is 76.4 cm³/mol. The molecule has 1 aromatic carbocycles. The first-order chi connectivity index (χ1) is 9.55. The van der Waals surface area contributed by atoms with E-state index in [1.807, 2.05) is 19.1 Å². The topological polar surface area (TPSA) is 60.0 Å². The third kappa shape index (κ3) is 3.55. The van der Waals surface area contributed by atoms with E-state index in [2.05, 4.69) is 12.2 Å². The maximum absolute atomic E-state index is 10.0. The Balaban J connectivity index is 2.16. The van der Waals surface area contributed by atoms with Crippen molar-refractivity contribution < 1.29 is 19.3 Å². The fourth-order valence-electron chi connectivity index (χ4n) is 1.83. The Kier molecular flexibility index (Phi) is 4.73. The Morgan fingerprint density at radius 1 is 1.30 bits per heavy atom. The fraction of sp³-hybridized carbons (Fsp3) is 0.600. The van der Waals surface area contributed by atoms with Gasteiger partial charge in [-0.2, -0.15) is 0 Å². The molecule has 0 saturated carbocycles. The van der Waals surface area contributed by atoms with E-state index < -0.39 is 5.60 Å². The molecule has 0 aliphatic carbocycles. The number of ether oxygens (including phenoxy) is 3. The van der Waals surface area contributed by atoms with Crippen LogP contribution in [0.2, 0.25) is 0 Å². The Morgan fingerprint density at radius 3 is 2.65 bits per heavy atom. The van der Waals surface area contributed by atoms with Crippen LogP contribution in [0.4, 0.5) is 0 Å². The molecule has 5 heteroatoms. The number of hydrogen-bond acceptors (Lipinski definition) is 5. The van der Waals surface area contributed by atoms with E-state index in [0.717, 1.165) is 23.6 Å². The van der Waals surface area contributed by atoms with Gasteiger partial charge in [-0.15, -0.1) is 0 Å². The lowest BCUT2D eigenvalue weighted by atomic mass is 10.1. The monoisotopic (exact) mass is 281 g/mol. The van der Waals surface area contributed by atoms with E-state index in [4.69, 9.17) is 14.2 Å². The van der Waals surface area contributed by atoms with Gasteiger partial charge >= 0.3 is 0 Å². The van der Waals surface area contributed by atoms with Crippen molar-refractivity contribution in [1.82, 2.24) is 5.32 Å². The molecule has 20 heavy (non-hydrogen) atoms. The Morgan fingerprint density at radius 2 is 2.00 bits per heavy atom. The minimum atomic E-state index is -0.828. The maximum atomic E-state index is 10.0. The molecule has 0 saturated heterocycles. The molecular weight excluding hydrogens is 258 g/mol. The van der Waals surface area contributed by atoms with Crippen molar-refractivity contribution in [3.8, 4) is 17.2 Å². The van der Waals surface area contributed by atoms with Crippen molar-refractivity contribution in [1.29, 1.82) is 0 Å². The second-order valence-corrected chi connectivity index (χ2v) is 5.23. The normalized spacial score (nSPS) is 16.0. The first-order valence-electron chi connectivity index (χ1n) is 7.04. The van der Waals surface area contributed by atoms with Gasteiger partial charge < -0.3 is 24.6 Å². The highest BCUT2D eigenvalue weighted by Gasteiger charge is 2.22. The first-order valence-corrected chi connectivity index (χ1v) is 7.04. The van der Waals surface area contributed by atoms with Crippen LogP contribution in [-0.2, 0) is 6.54 Å². The third-order valence-corrected chi connectivity index (χ3v) is 3.42. The minimum Gasteiger partial charge on any atom is -0.490 e. The second-order valence-electron chi connectivity index (χ2n) is 5.23. The van der Waals surface area contributed by atoms with Gasteiger partial charge in [0.15, 0.2) is 11.5 Å². The number of aliphatic hydroxyl groups is 1. The van der Waals surface area contributed by atoms with Gasteiger partial charge in [-0.25, -0.2) is 0 Å². The molecule has 0 aromatic heterocycles. The summed E-state index contributed by atoms with van der Waals surface area (Å²) >= 11 is 0. The molecule has 112 valence electrons. The van der Waals surface area contributed by atoms with Crippen molar-refractivity contribution in [3.05, 3.63) is 17.7 Å². The molecule has 0 radical (unpaired) electrons. The lowest BCUT2D eigenvalue weighted by Gasteiger charge is -2.22. The van der Waals surface area contributed by atoms with Gasteiger partial charge in [0.2, 0.25) is 6.79 Å². The average Bonchev–Trinajstić information content (AvgIpc) is 2.89. The van der Waals surface area contributed by atoms with E-state index in [1.165, 1.54) is 0 Å². The Bertz CT molecular complexity index is 459. The zero-order valence-corrected chi connectivity index (χ0v) is 12.4. The Hall–Kier alpha value is -1.46. The van der Waals surface area contributed by atoms with Crippen molar-refractivity contribution in [2.24, 2.45) is 0 Å². The molecule has 1 aliphatic heterocycles. The largest absolute Gasteiger partial charge is 0.490 e. The summed E-state index contributed by atoms with van der Waals surface area (Å²) in [6.45, 7) is 7.81. The van der Waals surface area contributed by atoms with Crippen LogP contribution in [0.25, 0.3) is 0 Å². The van der Waals surface area contributed by atoms with E-state index in [9.17, 15) is 5.11 Å². The summed E-state index contributed by atoms with van der Waals surface area (Å²) in [4.78, 5) is 0. The van der Waals surface area contributed by atoms with E-state index in [0.29, 0.717) is 18.7 Å². The summed E-state index contributed by atoms with van der Waals surface area (Å²) in [5.41, 5.74) is 0.175. The van der Waals surface area contributed by atoms with Crippen LogP contribution in [0, 0.1) is 0 Å². The van der Waals surface area contributed by atoms with Crippen LogP contribution < -0.4 is 19.5 Å². The van der Waals surface area contributed by atoms with Crippen LogP contribution in [0.5, 0.6) is 17.2 Å². The van der Waals surface area contributed by atoms with Gasteiger partial charge in [0.25, 0.3) is 0 Å². The highest BCUT2D eigenvalue weighted by atomic mass is 16.7. The van der Waals surface area contributed by atoms with Gasteiger partial charge in [0, 0.05) is 18.2 Å². The molecule has 1 unspecified atom stereocenters. The molecule has 1 aliphatic rings. The summed E-state index contributed by atoms with van der Waals surface area (Å²) in [6.07, 6.45) is 0.639. The number of fused-ring (bicyclic) bond motifs is 1. The molecule has 2 N–H and O–H groups in total. The summed E-state index contributed by atoms with van der Waals surface area (Å²) in [5, 5.41) is 13.3. The molecule has 0 fully saturated rings. The van der Waals surface area contributed by atoms with E-state index in [1.54, 1.807) is 6.92 Å². The zero-order valence-electron chi connectivity index (χ0n) is 12.4. The molecular formula is C15H23NO4. The molecule has 1 atom stereocenters. The highest BCUT2D eigenvalue weighted by Crippen LogP contribution is 2.38. The zero-order chi connectivity index (χ0) is 14.6. The molecule has 2 rings (SSSR count). The van der Waals surface area contributed by atoms with Crippen molar-refractivity contribution >= 4 is 0 Å². The summed E-state index contributed by atoms with van der Waals surface area (Å²) in [6, 6.07) is 3.77. The first kappa shape index (κ1) is 14.9. The molecule has 0 spiro atoms.